The summed E-state index contributed by atoms with van der Waals surface area (Å²) in [5.41, 5.74) is 1.01. The van der Waals surface area contributed by atoms with Crippen LogP contribution in [-0.4, -0.2) is 16.2 Å². The molecule has 21 heavy (non-hydrogen) atoms. The summed E-state index contributed by atoms with van der Waals surface area (Å²) in [7, 11) is 0. The largest absolute Gasteiger partial charge is 0.482 e. The fraction of sp³-hybridized carbons (Fsp3) is 0.467. The van der Waals surface area contributed by atoms with Gasteiger partial charge < -0.3 is 14.6 Å². The van der Waals surface area contributed by atoms with Crippen molar-refractivity contribution in [3.8, 4) is 5.75 Å². The minimum absolute atomic E-state index is 0.214. The first-order valence-corrected chi connectivity index (χ1v) is 7.43. The van der Waals surface area contributed by atoms with E-state index in [1.54, 1.807) is 6.07 Å². The highest BCUT2D eigenvalue weighted by Gasteiger charge is 2.11. The van der Waals surface area contributed by atoms with E-state index < -0.39 is 0 Å². The number of benzene rings is 1. The van der Waals surface area contributed by atoms with Gasteiger partial charge in [0, 0.05) is 24.6 Å². The zero-order valence-electron chi connectivity index (χ0n) is 12.5. The molecule has 0 aliphatic carbocycles. The second-order valence-electron chi connectivity index (χ2n) is 5.01. The van der Waals surface area contributed by atoms with E-state index >= 15 is 0 Å². The maximum atomic E-state index is 6.22. The van der Waals surface area contributed by atoms with Crippen LogP contribution in [0.2, 0.25) is 5.02 Å². The van der Waals surface area contributed by atoms with Crippen molar-refractivity contribution in [1.82, 2.24) is 15.5 Å². The van der Waals surface area contributed by atoms with Crippen LogP contribution in [0.1, 0.15) is 38.0 Å². The molecular formula is C15H20ClN3O2. The first kappa shape index (κ1) is 15.8. The molecule has 5 nitrogen and oxygen atoms in total. The van der Waals surface area contributed by atoms with Gasteiger partial charge in [-0.3, -0.25) is 0 Å². The van der Waals surface area contributed by atoms with Crippen LogP contribution in [0.5, 0.6) is 5.75 Å². The fourth-order valence-corrected chi connectivity index (χ4v) is 2.04. The Labute approximate surface area is 129 Å². The standard InChI is InChI=1S/C15H20ClN3O2/c1-4-13-18-14(21-19-13)9-20-15-11(8-17-10(2)3)6-5-7-12(15)16/h5-7,10,17H,4,8-9H2,1-3H3. The molecular weight excluding hydrogens is 290 g/mol. The van der Waals surface area contributed by atoms with Gasteiger partial charge in [0.15, 0.2) is 12.4 Å². The average molecular weight is 310 g/mol. The Morgan fingerprint density at radius 1 is 1.38 bits per heavy atom. The number of nitrogens with zero attached hydrogens (tertiary/aromatic N) is 2. The molecule has 2 rings (SSSR count). The summed E-state index contributed by atoms with van der Waals surface area (Å²) >= 11 is 6.22. The van der Waals surface area contributed by atoms with Gasteiger partial charge in [-0.15, -0.1) is 0 Å². The SMILES string of the molecule is CCc1noc(COc2c(Cl)cccc2CNC(C)C)n1. The van der Waals surface area contributed by atoms with Crippen LogP contribution in [0.4, 0.5) is 0 Å². The van der Waals surface area contributed by atoms with Crippen LogP contribution in [0, 0.1) is 0 Å². The number of ether oxygens (including phenoxy) is 1. The van der Waals surface area contributed by atoms with Gasteiger partial charge in [0.25, 0.3) is 5.89 Å². The van der Waals surface area contributed by atoms with E-state index in [0.29, 0.717) is 35.1 Å². The van der Waals surface area contributed by atoms with Gasteiger partial charge in [0.05, 0.1) is 5.02 Å². The molecule has 1 heterocycles. The molecule has 0 saturated carbocycles. The van der Waals surface area contributed by atoms with Crippen LogP contribution >= 0.6 is 11.6 Å². The lowest BCUT2D eigenvalue weighted by atomic mass is 10.2. The Kier molecular flexibility index (Phi) is 5.59. The molecule has 0 radical (unpaired) electrons. The number of hydrogen-bond acceptors (Lipinski definition) is 5. The molecule has 0 amide bonds. The van der Waals surface area contributed by atoms with Gasteiger partial charge in [-0.05, 0) is 6.07 Å². The normalized spacial score (nSPS) is 11.1. The first-order valence-electron chi connectivity index (χ1n) is 7.05. The molecule has 2 aromatic rings. The number of aryl methyl sites for hydroxylation is 1. The third kappa shape index (κ3) is 4.44. The number of nitrogens with one attached hydrogen (secondary N) is 1. The molecule has 0 aliphatic heterocycles. The van der Waals surface area contributed by atoms with Crippen LogP contribution in [0.15, 0.2) is 22.7 Å². The summed E-state index contributed by atoms with van der Waals surface area (Å²) in [6.45, 7) is 7.06. The van der Waals surface area contributed by atoms with Gasteiger partial charge in [-0.25, -0.2) is 0 Å². The van der Waals surface area contributed by atoms with Crippen LogP contribution in [-0.2, 0) is 19.6 Å². The molecule has 0 aliphatic rings. The topological polar surface area (TPSA) is 60.2 Å². The molecule has 1 aromatic carbocycles. The van der Waals surface area contributed by atoms with Crippen molar-refractivity contribution in [2.24, 2.45) is 0 Å². The van der Waals surface area contributed by atoms with Crippen LogP contribution in [0.25, 0.3) is 0 Å². The van der Waals surface area contributed by atoms with Crippen molar-refractivity contribution < 1.29 is 9.26 Å². The van der Waals surface area contributed by atoms with Crippen molar-refractivity contribution in [3.63, 3.8) is 0 Å². The van der Waals surface area contributed by atoms with Crippen LogP contribution in [0.3, 0.4) is 0 Å². The number of halogens is 1. The Balaban J connectivity index is 2.07. The Hall–Kier alpha value is -1.59. The summed E-state index contributed by atoms with van der Waals surface area (Å²) in [6, 6.07) is 6.09. The maximum absolute atomic E-state index is 6.22. The highest BCUT2D eigenvalue weighted by molar-refractivity contribution is 6.32. The number of para-hydroxylation sites is 1. The first-order chi connectivity index (χ1) is 10.1. The molecule has 6 heteroatoms. The van der Waals surface area contributed by atoms with Gasteiger partial charge in [-0.2, -0.15) is 4.98 Å². The predicted molar refractivity (Wildman–Crippen MR) is 81.4 cm³/mol. The van der Waals surface area contributed by atoms with E-state index in [-0.39, 0.29) is 6.61 Å². The minimum Gasteiger partial charge on any atom is -0.482 e. The Bertz CT molecular complexity index is 584. The lowest BCUT2D eigenvalue weighted by Gasteiger charge is -2.14. The highest BCUT2D eigenvalue weighted by atomic mass is 35.5. The Morgan fingerprint density at radius 2 is 2.19 bits per heavy atom. The summed E-state index contributed by atoms with van der Waals surface area (Å²) in [5, 5.41) is 7.77. The zero-order valence-corrected chi connectivity index (χ0v) is 13.3. The second kappa shape index (κ2) is 7.43. The summed E-state index contributed by atoms with van der Waals surface area (Å²) in [5.74, 6) is 1.78. The van der Waals surface area contributed by atoms with Gasteiger partial charge in [0.2, 0.25) is 0 Å². The fourth-order valence-electron chi connectivity index (χ4n) is 1.79. The lowest BCUT2D eigenvalue weighted by molar-refractivity contribution is 0.240. The molecule has 114 valence electrons. The molecule has 1 N–H and O–H groups in total. The van der Waals surface area contributed by atoms with E-state index in [2.05, 4.69) is 29.3 Å². The minimum atomic E-state index is 0.214. The molecule has 1 aromatic heterocycles. The van der Waals surface area contributed by atoms with E-state index in [4.69, 9.17) is 20.9 Å². The van der Waals surface area contributed by atoms with Crippen molar-refractivity contribution in [2.45, 2.75) is 46.4 Å². The Morgan fingerprint density at radius 3 is 2.86 bits per heavy atom. The van der Waals surface area contributed by atoms with Crippen molar-refractivity contribution in [3.05, 3.63) is 40.5 Å². The highest BCUT2D eigenvalue weighted by Crippen LogP contribution is 2.29. The monoisotopic (exact) mass is 309 g/mol. The smallest absolute Gasteiger partial charge is 0.264 e. The van der Waals surface area contributed by atoms with Gasteiger partial charge in [0.1, 0.15) is 5.75 Å². The van der Waals surface area contributed by atoms with E-state index in [1.807, 2.05) is 19.1 Å². The van der Waals surface area contributed by atoms with Crippen molar-refractivity contribution in [2.75, 3.05) is 0 Å². The third-order valence-electron chi connectivity index (χ3n) is 2.92. The average Bonchev–Trinajstić information content (AvgIpc) is 2.92. The quantitative estimate of drug-likeness (QED) is 0.849. The number of hydrogen-bond donors (Lipinski definition) is 1. The molecule has 0 atom stereocenters. The van der Waals surface area contributed by atoms with Crippen molar-refractivity contribution in [1.29, 1.82) is 0 Å². The van der Waals surface area contributed by atoms with E-state index in [1.165, 1.54) is 0 Å². The maximum Gasteiger partial charge on any atom is 0.264 e. The lowest BCUT2D eigenvalue weighted by Crippen LogP contribution is -2.22. The van der Waals surface area contributed by atoms with E-state index in [0.717, 1.165) is 12.0 Å². The van der Waals surface area contributed by atoms with Gasteiger partial charge in [-0.1, -0.05) is 49.7 Å². The summed E-state index contributed by atoms with van der Waals surface area (Å²) in [6.07, 6.45) is 0.735. The summed E-state index contributed by atoms with van der Waals surface area (Å²) in [4.78, 5) is 4.22. The van der Waals surface area contributed by atoms with Gasteiger partial charge >= 0.3 is 0 Å². The molecule has 0 fully saturated rings. The van der Waals surface area contributed by atoms with Crippen molar-refractivity contribution >= 4 is 11.6 Å². The van der Waals surface area contributed by atoms with E-state index in [9.17, 15) is 0 Å². The molecule has 0 spiro atoms. The number of rotatable bonds is 7. The molecule has 0 unspecified atom stereocenters. The second-order valence-corrected chi connectivity index (χ2v) is 5.42. The van der Waals surface area contributed by atoms with Crippen LogP contribution < -0.4 is 10.1 Å². The molecule has 0 saturated heterocycles. The predicted octanol–water partition coefficient (Wildman–Crippen LogP) is 3.36. The molecule has 0 bridgehead atoms. The zero-order chi connectivity index (χ0) is 15.2. The third-order valence-corrected chi connectivity index (χ3v) is 3.21. The number of aromatic nitrogens is 2. The summed E-state index contributed by atoms with van der Waals surface area (Å²) < 4.78 is 10.9.